The fourth-order valence-corrected chi connectivity index (χ4v) is 1.40. The van der Waals surface area contributed by atoms with Gasteiger partial charge >= 0.3 is 5.97 Å². The molecule has 0 aromatic carbocycles. The molecule has 2 aromatic rings. The Balaban J connectivity index is 1.90. The number of anilines is 1. The van der Waals surface area contributed by atoms with Gasteiger partial charge in [-0.15, -0.1) is 0 Å². The number of ether oxygens (including phenoxy) is 1. The Morgan fingerprint density at radius 1 is 1.53 bits per heavy atom. The molecule has 0 spiro atoms. The molecule has 0 fully saturated rings. The van der Waals surface area contributed by atoms with Crippen LogP contribution in [0.5, 0.6) is 0 Å². The normalized spacial score (nSPS) is 10.2. The van der Waals surface area contributed by atoms with Gasteiger partial charge in [0.05, 0.1) is 13.2 Å². The molecule has 100 valence electrons. The van der Waals surface area contributed by atoms with Crippen molar-refractivity contribution in [3.63, 3.8) is 0 Å². The summed E-state index contributed by atoms with van der Waals surface area (Å²) in [6.07, 6.45) is 4.62. The summed E-state index contributed by atoms with van der Waals surface area (Å²) in [6.45, 7) is 3.30. The number of carbonyl (C=O) groups is 1. The van der Waals surface area contributed by atoms with Crippen molar-refractivity contribution in [2.24, 2.45) is 0 Å². The molecular weight excluding hydrogens is 248 g/mol. The summed E-state index contributed by atoms with van der Waals surface area (Å²) < 4.78 is 6.53. The predicted octanol–water partition coefficient (Wildman–Crippen LogP) is 0.357. The van der Waals surface area contributed by atoms with E-state index in [1.54, 1.807) is 24.0 Å². The molecule has 2 aromatic heterocycles. The second-order valence-corrected chi connectivity index (χ2v) is 3.57. The summed E-state index contributed by atoms with van der Waals surface area (Å²) in [4.78, 5) is 23.2. The second kappa shape index (κ2) is 6.43. The Morgan fingerprint density at radius 2 is 2.42 bits per heavy atom. The molecule has 0 radical (unpaired) electrons. The number of hydrogen-bond donors (Lipinski definition) is 1. The van der Waals surface area contributed by atoms with Crippen molar-refractivity contribution in [2.45, 2.75) is 13.5 Å². The standard InChI is InChI=1S/C11H14N6O2/c1-2-19-11(18)10-14-4-3-9(16-10)13-5-6-17-8-12-7-15-17/h3-4,7-8H,2,5-6H2,1H3,(H,13,14,16). The van der Waals surface area contributed by atoms with Crippen LogP contribution in [0, 0.1) is 0 Å². The highest BCUT2D eigenvalue weighted by Gasteiger charge is 2.10. The number of aromatic nitrogens is 5. The lowest BCUT2D eigenvalue weighted by Crippen LogP contribution is -2.14. The van der Waals surface area contributed by atoms with E-state index in [0.29, 0.717) is 25.5 Å². The van der Waals surface area contributed by atoms with Gasteiger partial charge in [-0.25, -0.2) is 19.7 Å². The van der Waals surface area contributed by atoms with Crippen LogP contribution in [0.25, 0.3) is 0 Å². The largest absolute Gasteiger partial charge is 0.460 e. The van der Waals surface area contributed by atoms with Gasteiger partial charge in [0, 0.05) is 12.7 Å². The van der Waals surface area contributed by atoms with Crippen LogP contribution in [0.1, 0.15) is 17.5 Å². The highest BCUT2D eigenvalue weighted by Crippen LogP contribution is 2.03. The fourth-order valence-electron chi connectivity index (χ4n) is 1.40. The zero-order valence-corrected chi connectivity index (χ0v) is 10.5. The van der Waals surface area contributed by atoms with E-state index in [4.69, 9.17) is 4.74 Å². The molecule has 0 atom stereocenters. The van der Waals surface area contributed by atoms with E-state index in [-0.39, 0.29) is 5.82 Å². The van der Waals surface area contributed by atoms with E-state index < -0.39 is 5.97 Å². The van der Waals surface area contributed by atoms with Crippen molar-refractivity contribution in [3.05, 3.63) is 30.7 Å². The van der Waals surface area contributed by atoms with Gasteiger partial charge < -0.3 is 10.1 Å². The predicted molar refractivity (Wildman–Crippen MR) is 66.5 cm³/mol. The molecule has 0 unspecified atom stereocenters. The summed E-state index contributed by atoms with van der Waals surface area (Å²) in [5.41, 5.74) is 0. The number of carbonyl (C=O) groups excluding carboxylic acids is 1. The van der Waals surface area contributed by atoms with Gasteiger partial charge in [-0.05, 0) is 13.0 Å². The van der Waals surface area contributed by atoms with Crippen LogP contribution in [0.2, 0.25) is 0 Å². The molecule has 2 rings (SSSR count). The van der Waals surface area contributed by atoms with Crippen molar-refractivity contribution in [2.75, 3.05) is 18.5 Å². The van der Waals surface area contributed by atoms with Crippen molar-refractivity contribution >= 4 is 11.8 Å². The summed E-state index contributed by atoms with van der Waals surface area (Å²) in [5.74, 6) is 0.0909. The van der Waals surface area contributed by atoms with Gasteiger partial charge in [0.1, 0.15) is 18.5 Å². The molecule has 2 heterocycles. The topological polar surface area (TPSA) is 94.8 Å². The van der Waals surface area contributed by atoms with E-state index in [1.807, 2.05) is 0 Å². The molecule has 0 amide bonds. The van der Waals surface area contributed by atoms with Gasteiger partial charge in [0.15, 0.2) is 0 Å². The maximum Gasteiger partial charge on any atom is 0.376 e. The van der Waals surface area contributed by atoms with Crippen molar-refractivity contribution in [1.29, 1.82) is 0 Å². The van der Waals surface area contributed by atoms with Crippen LogP contribution in [0.15, 0.2) is 24.9 Å². The SMILES string of the molecule is CCOC(=O)c1nccc(NCCn2cncn2)n1. The van der Waals surface area contributed by atoms with Crippen molar-refractivity contribution < 1.29 is 9.53 Å². The number of hydrogen-bond acceptors (Lipinski definition) is 7. The first-order chi connectivity index (χ1) is 9.29. The fraction of sp³-hybridized carbons (Fsp3) is 0.364. The minimum absolute atomic E-state index is 0.0487. The number of esters is 1. The molecule has 0 aliphatic heterocycles. The molecular formula is C11H14N6O2. The van der Waals surface area contributed by atoms with Crippen LogP contribution in [-0.4, -0.2) is 43.9 Å². The summed E-state index contributed by atoms with van der Waals surface area (Å²) >= 11 is 0. The molecule has 0 aliphatic carbocycles. The van der Waals surface area contributed by atoms with Crippen LogP contribution >= 0.6 is 0 Å². The number of nitrogens with zero attached hydrogens (tertiary/aromatic N) is 5. The Labute approximate surface area is 109 Å². The van der Waals surface area contributed by atoms with Gasteiger partial charge in [-0.1, -0.05) is 0 Å². The lowest BCUT2D eigenvalue weighted by molar-refractivity contribution is 0.0512. The average Bonchev–Trinajstić information content (AvgIpc) is 2.93. The average molecular weight is 262 g/mol. The Bertz CT molecular complexity index is 528. The third-order valence-corrected chi connectivity index (χ3v) is 2.23. The minimum Gasteiger partial charge on any atom is -0.460 e. The van der Waals surface area contributed by atoms with E-state index in [2.05, 4.69) is 25.4 Å². The van der Waals surface area contributed by atoms with Gasteiger partial charge in [0.2, 0.25) is 5.82 Å². The first kappa shape index (κ1) is 12.9. The molecule has 8 nitrogen and oxygen atoms in total. The van der Waals surface area contributed by atoms with Gasteiger partial charge in [-0.3, -0.25) is 4.68 Å². The van der Waals surface area contributed by atoms with Crippen LogP contribution < -0.4 is 5.32 Å². The van der Waals surface area contributed by atoms with Crippen LogP contribution in [0.3, 0.4) is 0 Å². The maximum absolute atomic E-state index is 11.5. The summed E-state index contributed by atoms with van der Waals surface area (Å²) in [5, 5.41) is 7.05. The van der Waals surface area contributed by atoms with Crippen LogP contribution in [-0.2, 0) is 11.3 Å². The zero-order valence-electron chi connectivity index (χ0n) is 10.5. The lowest BCUT2D eigenvalue weighted by Gasteiger charge is -2.06. The number of rotatable bonds is 6. The van der Waals surface area contributed by atoms with Gasteiger partial charge in [-0.2, -0.15) is 5.10 Å². The smallest absolute Gasteiger partial charge is 0.376 e. The van der Waals surface area contributed by atoms with Gasteiger partial charge in [0.25, 0.3) is 0 Å². The lowest BCUT2D eigenvalue weighted by atomic mass is 10.5. The van der Waals surface area contributed by atoms with Crippen LogP contribution in [0.4, 0.5) is 5.82 Å². The van der Waals surface area contributed by atoms with Crippen molar-refractivity contribution in [1.82, 2.24) is 24.7 Å². The third kappa shape index (κ3) is 3.73. The number of nitrogens with one attached hydrogen (secondary N) is 1. The second-order valence-electron chi connectivity index (χ2n) is 3.57. The van der Waals surface area contributed by atoms with Crippen molar-refractivity contribution in [3.8, 4) is 0 Å². The highest BCUT2D eigenvalue weighted by atomic mass is 16.5. The van der Waals surface area contributed by atoms with E-state index >= 15 is 0 Å². The third-order valence-electron chi connectivity index (χ3n) is 2.23. The first-order valence-electron chi connectivity index (χ1n) is 5.86. The molecule has 0 aliphatic rings. The molecule has 19 heavy (non-hydrogen) atoms. The van der Waals surface area contributed by atoms with E-state index in [9.17, 15) is 4.79 Å². The molecule has 0 bridgehead atoms. The maximum atomic E-state index is 11.5. The minimum atomic E-state index is -0.526. The Kier molecular flexibility index (Phi) is 4.38. The zero-order chi connectivity index (χ0) is 13.5. The Morgan fingerprint density at radius 3 is 3.16 bits per heavy atom. The monoisotopic (exact) mass is 262 g/mol. The van der Waals surface area contributed by atoms with E-state index in [1.165, 1.54) is 12.5 Å². The molecule has 0 saturated heterocycles. The summed E-state index contributed by atoms with van der Waals surface area (Å²) in [6, 6.07) is 1.68. The molecule has 1 N–H and O–H groups in total. The first-order valence-corrected chi connectivity index (χ1v) is 5.86. The highest BCUT2D eigenvalue weighted by molar-refractivity contribution is 5.85. The Hall–Kier alpha value is -2.51. The quantitative estimate of drug-likeness (QED) is 0.751. The summed E-state index contributed by atoms with van der Waals surface area (Å²) in [7, 11) is 0. The molecule has 0 saturated carbocycles. The van der Waals surface area contributed by atoms with E-state index in [0.717, 1.165) is 0 Å². The molecule has 8 heteroatoms.